The van der Waals surface area contributed by atoms with Crippen molar-refractivity contribution >= 4 is 52.1 Å². The molecule has 2 aliphatic carbocycles. The molecule has 0 radical (unpaired) electrons. The number of carbonyl (C=O) groups is 3. The predicted molar refractivity (Wildman–Crippen MR) is 108 cm³/mol. The number of carboxylic acids is 1. The van der Waals surface area contributed by atoms with E-state index in [9.17, 15) is 19.5 Å². The molecule has 2 amide bonds. The number of anilines is 2. The molecule has 2 aromatic rings. The van der Waals surface area contributed by atoms with Crippen molar-refractivity contribution in [3.8, 4) is 0 Å². The summed E-state index contributed by atoms with van der Waals surface area (Å²) in [5.74, 6) is -3.03. The molecule has 1 aromatic carbocycles. The third kappa shape index (κ3) is 3.43. The summed E-state index contributed by atoms with van der Waals surface area (Å²) in [6.45, 7) is 0. The number of carboxylic acid groups (broad SMARTS) is 1. The van der Waals surface area contributed by atoms with Crippen molar-refractivity contribution in [1.29, 1.82) is 0 Å². The van der Waals surface area contributed by atoms with E-state index in [0.717, 1.165) is 0 Å². The van der Waals surface area contributed by atoms with Crippen LogP contribution in [0, 0.1) is 23.7 Å². The molecule has 0 unspecified atom stereocenters. The second-order valence-electron chi connectivity index (χ2n) is 6.95. The maximum absolute atomic E-state index is 12.8. The summed E-state index contributed by atoms with van der Waals surface area (Å²) in [7, 11) is 0. The van der Waals surface area contributed by atoms with Gasteiger partial charge in [0.15, 0.2) is 0 Å². The van der Waals surface area contributed by atoms with Gasteiger partial charge in [0.1, 0.15) is 0 Å². The minimum Gasteiger partial charge on any atom is -0.481 e. The Morgan fingerprint density at radius 3 is 2.50 bits per heavy atom. The fourth-order valence-corrected chi connectivity index (χ4v) is 4.82. The highest BCUT2D eigenvalue weighted by Crippen LogP contribution is 2.48. The minimum atomic E-state index is -0.947. The van der Waals surface area contributed by atoms with Gasteiger partial charge in [0.25, 0.3) is 5.91 Å². The van der Waals surface area contributed by atoms with E-state index in [2.05, 4.69) is 10.6 Å². The minimum absolute atomic E-state index is 0.0589. The maximum Gasteiger partial charge on any atom is 0.307 e. The van der Waals surface area contributed by atoms with Gasteiger partial charge in [0.05, 0.1) is 27.4 Å². The van der Waals surface area contributed by atoms with E-state index < -0.39 is 17.8 Å². The van der Waals surface area contributed by atoms with Gasteiger partial charge in [-0.1, -0.05) is 29.8 Å². The summed E-state index contributed by atoms with van der Waals surface area (Å²) in [4.78, 5) is 37.2. The largest absolute Gasteiger partial charge is 0.481 e. The monoisotopic (exact) mass is 416 g/mol. The fourth-order valence-electron chi connectivity index (χ4n) is 4.03. The molecular weight excluding hydrogens is 400 g/mol. The van der Waals surface area contributed by atoms with Crippen LogP contribution in [0.1, 0.15) is 16.1 Å². The van der Waals surface area contributed by atoms with E-state index >= 15 is 0 Å². The van der Waals surface area contributed by atoms with Crippen molar-refractivity contribution < 1.29 is 19.5 Å². The van der Waals surface area contributed by atoms with Crippen LogP contribution < -0.4 is 10.6 Å². The predicted octanol–water partition coefficient (Wildman–Crippen LogP) is 4.12. The van der Waals surface area contributed by atoms with Crippen LogP contribution in [0.2, 0.25) is 5.02 Å². The van der Waals surface area contributed by atoms with Gasteiger partial charge in [0, 0.05) is 5.69 Å². The SMILES string of the molecule is O=C(Nc1cc(NC(=O)[C@H]2[C@H](C(=O)O)[C@@H]3C=C[C@H]2C3)ccc1Cl)c1cccs1. The van der Waals surface area contributed by atoms with E-state index in [1.165, 1.54) is 11.3 Å². The summed E-state index contributed by atoms with van der Waals surface area (Å²) in [5.41, 5.74) is 0.826. The first-order chi connectivity index (χ1) is 13.4. The Morgan fingerprint density at radius 1 is 1.07 bits per heavy atom. The van der Waals surface area contributed by atoms with Crippen LogP contribution >= 0.6 is 22.9 Å². The average molecular weight is 417 g/mol. The molecular formula is C20H17ClN2O4S. The van der Waals surface area contributed by atoms with Crippen molar-refractivity contribution in [2.45, 2.75) is 6.42 Å². The third-order valence-corrected chi connectivity index (χ3v) is 6.47. The van der Waals surface area contributed by atoms with Crippen molar-refractivity contribution in [1.82, 2.24) is 0 Å². The van der Waals surface area contributed by atoms with Gasteiger partial charge in [-0.2, -0.15) is 0 Å². The standard InChI is InChI=1S/C20H17ClN2O4S/c21-13-6-5-12(9-14(13)23-18(24)15-2-1-7-28-15)22-19(25)16-10-3-4-11(8-10)17(16)20(26)27/h1-7,9-11,16-17H,8H2,(H,22,25)(H,23,24)(H,26,27)/t10-,11+,16+,17+/m0/s1. The molecule has 144 valence electrons. The van der Waals surface area contributed by atoms with Crippen molar-refractivity contribution in [2.24, 2.45) is 23.7 Å². The zero-order valence-corrected chi connectivity index (χ0v) is 16.2. The normalized spacial score (nSPS) is 24.9. The number of halogens is 1. The average Bonchev–Trinajstić information content (AvgIpc) is 3.40. The number of hydrogen-bond donors (Lipinski definition) is 3. The molecule has 4 rings (SSSR count). The molecule has 0 saturated heterocycles. The van der Waals surface area contributed by atoms with Crippen LogP contribution in [0.15, 0.2) is 47.9 Å². The molecule has 2 aliphatic rings. The highest BCUT2D eigenvalue weighted by Gasteiger charge is 2.51. The molecule has 6 nitrogen and oxygen atoms in total. The van der Waals surface area contributed by atoms with E-state index in [4.69, 9.17) is 11.6 Å². The van der Waals surface area contributed by atoms with Gasteiger partial charge >= 0.3 is 5.97 Å². The van der Waals surface area contributed by atoms with E-state index in [1.54, 1.807) is 35.7 Å². The van der Waals surface area contributed by atoms with E-state index in [0.29, 0.717) is 27.7 Å². The van der Waals surface area contributed by atoms with Crippen LogP contribution in [-0.4, -0.2) is 22.9 Å². The Labute approximate surface area is 170 Å². The van der Waals surface area contributed by atoms with Crippen molar-refractivity contribution in [3.63, 3.8) is 0 Å². The number of aliphatic carboxylic acids is 1. The van der Waals surface area contributed by atoms with Crippen LogP contribution in [0.4, 0.5) is 11.4 Å². The van der Waals surface area contributed by atoms with Crippen LogP contribution in [-0.2, 0) is 9.59 Å². The first-order valence-corrected chi connectivity index (χ1v) is 10.1. The first-order valence-electron chi connectivity index (χ1n) is 8.80. The number of nitrogens with one attached hydrogen (secondary N) is 2. The molecule has 0 aliphatic heterocycles. The number of amides is 2. The Bertz CT molecular complexity index is 973. The molecule has 1 heterocycles. The van der Waals surface area contributed by atoms with Crippen molar-refractivity contribution in [2.75, 3.05) is 10.6 Å². The zero-order chi connectivity index (χ0) is 19.8. The number of benzene rings is 1. The Balaban J connectivity index is 1.51. The quantitative estimate of drug-likeness (QED) is 0.639. The van der Waals surface area contributed by atoms with Crippen molar-refractivity contribution in [3.05, 3.63) is 57.8 Å². The van der Waals surface area contributed by atoms with Gasteiger partial charge in [-0.25, -0.2) is 0 Å². The molecule has 4 atom stereocenters. The van der Waals surface area contributed by atoms with Gasteiger partial charge in [-0.3, -0.25) is 14.4 Å². The van der Waals surface area contributed by atoms with Crippen LogP contribution in [0.5, 0.6) is 0 Å². The Hall–Kier alpha value is -2.64. The number of thiophene rings is 1. The smallest absolute Gasteiger partial charge is 0.307 e. The lowest BCUT2D eigenvalue weighted by Gasteiger charge is -2.24. The maximum atomic E-state index is 12.8. The highest BCUT2D eigenvalue weighted by molar-refractivity contribution is 7.12. The third-order valence-electron chi connectivity index (χ3n) is 5.27. The van der Waals surface area contributed by atoms with Gasteiger partial charge in [-0.15, -0.1) is 11.3 Å². The van der Waals surface area contributed by atoms with Gasteiger partial charge < -0.3 is 15.7 Å². The summed E-state index contributed by atoms with van der Waals surface area (Å²) in [5, 5.41) is 17.2. The lowest BCUT2D eigenvalue weighted by molar-refractivity contribution is -0.146. The molecule has 2 bridgehead atoms. The van der Waals surface area contributed by atoms with Gasteiger partial charge in [0.2, 0.25) is 5.91 Å². The lowest BCUT2D eigenvalue weighted by atomic mass is 9.82. The number of allylic oxidation sites excluding steroid dienone is 2. The topological polar surface area (TPSA) is 95.5 Å². The second kappa shape index (κ2) is 7.41. The molecule has 28 heavy (non-hydrogen) atoms. The zero-order valence-electron chi connectivity index (χ0n) is 14.6. The van der Waals surface area contributed by atoms with Crippen LogP contribution in [0.25, 0.3) is 0 Å². The molecule has 1 aromatic heterocycles. The second-order valence-corrected chi connectivity index (χ2v) is 8.31. The summed E-state index contributed by atoms with van der Waals surface area (Å²) in [6, 6.07) is 8.26. The highest BCUT2D eigenvalue weighted by atomic mass is 35.5. The first kappa shape index (κ1) is 18.7. The number of carbonyl (C=O) groups excluding carboxylic acids is 2. The molecule has 8 heteroatoms. The molecule has 0 spiro atoms. The summed E-state index contributed by atoms with van der Waals surface area (Å²) >= 11 is 7.48. The number of fused-ring (bicyclic) bond motifs is 2. The molecule has 1 saturated carbocycles. The number of rotatable bonds is 5. The van der Waals surface area contributed by atoms with E-state index in [-0.39, 0.29) is 23.7 Å². The van der Waals surface area contributed by atoms with E-state index in [1.807, 2.05) is 12.2 Å². The fraction of sp³-hybridized carbons (Fsp3) is 0.250. The number of hydrogen-bond acceptors (Lipinski definition) is 4. The Kier molecular flexibility index (Phi) is 4.95. The summed E-state index contributed by atoms with van der Waals surface area (Å²) in [6.07, 6.45) is 4.52. The Morgan fingerprint density at radius 2 is 1.82 bits per heavy atom. The summed E-state index contributed by atoms with van der Waals surface area (Å²) < 4.78 is 0. The van der Waals surface area contributed by atoms with Gasteiger partial charge in [-0.05, 0) is 47.9 Å². The van der Waals surface area contributed by atoms with Crippen LogP contribution in [0.3, 0.4) is 0 Å². The molecule has 3 N–H and O–H groups in total. The lowest BCUT2D eigenvalue weighted by Crippen LogP contribution is -2.36. The molecule has 1 fully saturated rings.